The minimum Gasteiger partial charge on any atom is -0.488 e. The van der Waals surface area contributed by atoms with Gasteiger partial charge in [-0.25, -0.2) is 4.39 Å². The highest BCUT2D eigenvalue weighted by Crippen LogP contribution is 2.38. The number of likely N-dealkylation sites (tertiary alicyclic amines) is 1. The molecular weight excluding hydrogens is 407 g/mol. The van der Waals surface area contributed by atoms with Crippen LogP contribution in [0.2, 0.25) is 5.02 Å². The number of fused-ring (bicyclic) bond motifs is 1. The Kier molecular flexibility index (Phi) is 6.27. The highest BCUT2D eigenvalue weighted by Gasteiger charge is 2.43. The molecule has 2 aromatic carbocycles. The molecule has 1 aliphatic heterocycles. The van der Waals surface area contributed by atoms with Crippen molar-refractivity contribution in [3.05, 3.63) is 58.9 Å². The molecule has 160 valence electrons. The number of nitrogens with one attached hydrogen (secondary N) is 1. The molecule has 1 saturated heterocycles. The SMILES string of the molecule is Cc1ccc(F)c(NC(=O)CN2C[C@H]3C[C@@H](Oc4cccc(Cl)c4)[C@H](O)C[C@H]3C2)c1. The number of ether oxygens (including phenoxy) is 1. The second-order valence-electron chi connectivity index (χ2n) is 8.40. The van der Waals surface area contributed by atoms with Gasteiger partial charge in [0.1, 0.15) is 17.7 Å². The zero-order valence-corrected chi connectivity index (χ0v) is 17.6. The van der Waals surface area contributed by atoms with Gasteiger partial charge in [-0.15, -0.1) is 0 Å². The van der Waals surface area contributed by atoms with Crippen molar-refractivity contribution in [3.63, 3.8) is 0 Å². The molecule has 0 unspecified atom stereocenters. The molecule has 0 radical (unpaired) electrons. The average molecular weight is 433 g/mol. The van der Waals surface area contributed by atoms with Crippen molar-refractivity contribution in [2.24, 2.45) is 11.8 Å². The Hall–Kier alpha value is -2.15. The minimum absolute atomic E-state index is 0.205. The van der Waals surface area contributed by atoms with Gasteiger partial charge in [0.25, 0.3) is 0 Å². The lowest BCUT2D eigenvalue weighted by molar-refractivity contribution is -0.117. The molecule has 1 saturated carbocycles. The third-order valence-corrected chi connectivity index (χ3v) is 6.24. The van der Waals surface area contributed by atoms with Gasteiger partial charge in [-0.3, -0.25) is 9.69 Å². The predicted molar refractivity (Wildman–Crippen MR) is 114 cm³/mol. The maximum absolute atomic E-state index is 13.9. The molecule has 0 spiro atoms. The predicted octanol–water partition coefficient (Wildman–Crippen LogP) is 3.88. The van der Waals surface area contributed by atoms with Gasteiger partial charge in [-0.05, 0) is 67.5 Å². The number of benzene rings is 2. The van der Waals surface area contributed by atoms with E-state index in [1.54, 1.807) is 24.3 Å². The normalized spacial score (nSPS) is 26.3. The summed E-state index contributed by atoms with van der Waals surface area (Å²) in [4.78, 5) is 14.5. The number of aliphatic hydroxyl groups excluding tert-OH is 1. The first-order valence-electron chi connectivity index (χ1n) is 10.3. The van der Waals surface area contributed by atoms with Crippen LogP contribution >= 0.6 is 11.6 Å². The quantitative estimate of drug-likeness (QED) is 0.752. The van der Waals surface area contributed by atoms with Crippen molar-refractivity contribution in [1.82, 2.24) is 4.90 Å². The summed E-state index contributed by atoms with van der Waals surface area (Å²) < 4.78 is 19.9. The Labute approximate surface area is 180 Å². The molecule has 30 heavy (non-hydrogen) atoms. The monoisotopic (exact) mass is 432 g/mol. The van der Waals surface area contributed by atoms with E-state index in [1.807, 2.05) is 19.1 Å². The number of rotatable bonds is 5. The van der Waals surface area contributed by atoms with Crippen LogP contribution in [0.1, 0.15) is 18.4 Å². The van der Waals surface area contributed by atoms with Crippen molar-refractivity contribution in [2.45, 2.75) is 32.0 Å². The summed E-state index contributed by atoms with van der Waals surface area (Å²) in [5.41, 5.74) is 1.10. The van der Waals surface area contributed by atoms with Gasteiger partial charge in [-0.2, -0.15) is 0 Å². The Morgan fingerprint density at radius 2 is 2.00 bits per heavy atom. The fraction of sp³-hybridized carbons (Fsp3) is 0.435. The maximum Gasteiger partial charge on any atom is 0.238 e. The van der Waals surface area contributed by atoms with Crippen molar-refractivity contribution >= 4 is 23.2 Å². The molecule has 2 N–H and O–H groups in total. The van der Waals surface area contributed by atoms with Crippen LogP contribution in [0.4, 0.5) is 10.1 Å². The highest BCUT2D eigenvalue weighted by molar-refractivity contribution is 6.30. The van der Waals surface area contributed by atoms with Crippen LogP contribution in [0.3, 0.4) is 0 Å². The van der Waals surface area contributed by atoms with E-state index in [0.717, 1.165) is 25.1 Å². The molecule has 1 amide bonds. The lowest BCUT2D eigenvalue weighted by Crippen LogP contribution is -2.42. The van der Waals surface area contributed by atoms with Gasteiger partial charge in [-0.1, -0.05) is 23.7 Å². The second kappa shape index (κ2) is 8.92. The highest BCUT2D eigenvalue weighted by atomic mass is 35.5. The number of carbonyl (C=O) groups excluding carboxylic acids is 1. The molecule has 0 aromatic heterocycles. The molecule has 2 aromatic rings. The largest absolute Gasteiger partial charge is 0.488 e. The zero-order valence-electron chi connectivity index (χ0n) is 16.9. The molecular formula is C23H26ClFN2O3. The van der Waals surface area contributed by atoms with Crippen molar-refractivity contribution in [3.8, 4) is 5.75 Å². The smallest absolute Gasteiger partial charge is 0.238 e. The van der Waals surface area contributed by atoms with Gasteiger partial charge in [0.2, 0.25) is 5.91 Å². The summed E-state index contributed by atoms with van der Waals surface area (Å²) in [6, 6.07) is 11.8. The summed E-state index contributed by atoms with van der Waals surface area (Å²) in [7, 11) is 0. The molecule has 1 heterocycles. The van der Waals surface area contributed by atoms with E-state index < -0.39 is 11.9 Å². The van der Waals surface area contributed by atoms with E-state index >= 15 is 0 Å². The van der Waals surface area contributed by atoms with Gasteiger partial charge >= 0.3 is 0 Å². The standard InChI is InChI=1S/C23H26ClFN2O3/c1-14-5-6-19(25)20(7-14)26-23(29)13-27-11-15-8-21(28)22(9-16(15)12-27)30-18-4-2-3-17(24)10-18/h2-7,10,15-16,21-22,28H,8-9,11-13H2,1H3,(H,26,29)/t15-,16+,21+,22+/m0/s1. The summed E-state index contributed by atoms with van der Waals surface area (Å²) in [6.07, 6.45) is 0.518. The number of amides is 1. The van der Waals surface area contributed by atoms with E-state index in [0.29, 0.717) is 29.0 Å². The molecule has 7 heteroatoms. The lowest BCUT2D eigenvalue weighted by atomic mass is 9.78. The van der Waals surface area contributed by atoms with Gasteiger partial charge in [0.15, 0.2) is 0 Å². The molecule has 2 fully saturated rings. The van der Waals surface area contributed by atoms with Crippen molar-refractivity contribution in [2.75, 3.05) is 25.0 Å². The van der Waals surface area contributed by atoms with Gasteiger partial charge in [0.05, 0.1) is 18.3 Å². The molecule has 0 bridgehead atoms. The number of aliphatic hydroxyl groups is 1. The van der Waals surface area contributed by atoms with E-state index in [4.69, 9.17) is 16.3 Å². The minimum atomic E-state index is -0.555. The number of hydrogen-bond acceptors (Lipinski definition) is 4. The van der Waals surface area contributed by atoms with Gasteiger partial charge in [0, 0.05) is 18.1 Å². The van der Waals surface area contributed by atoms with E-state index in [9.17, 15) is 14.3 Å². The van der Waals surface area contributed by atoms with E-state index in [2.05, 4.69) is 10.2 Å². The Morgan fingerprint density at radius 1 is 1.23 bits per heavy atom. The number of nitrogens with zero attached hydrogens (tertiary/aromatic N) is 1. The van der Waals surface area contributed by atoms with E-state index in [-0.39, 0.29) is 24.2 Å². The Morgan fingerprint density at radius 3 is 2.77 bits per heavy atom. The van der Waals surface area contributed by atoms with Gasteiger partial charge < -0.3 is 15.2 Å². The first-order chi connectivity index (χ1) is 14.4. The number of hydrogen-bond donors (Lipinski definition) is 2. The fourth-order valence-corrected chi connectivity index (χ4v) is 4.77. The third-order valence-electron chi connectivity index (χ3n) is 6.01. The number of anilines is 1. The fourth-order valence-electron chi connectivity index (χ4n) is 4.59. The van der Waals surface area contributed by atoms with Crippen molar-refractivity contribution < 1.29 is 19.0 Å². The summed E-state index contributed by atoms with van der Waals surface area (Å²) in [5, 5.41) is 13.8. The molecule has 4 rings (SSSR count). The van der Waals surface area contributed by atoms with E-state index in [1.165, 1.54) is 6.07 Å². The first kappa shape index (κ1) is 21.1. The molecule has 2 aliphatic rings. The Balaban J connectivity index is 1.33. The second-order valence-corrected chi connectivity index (χ2v) is 8.83. The first-order valence-corrected chi connectivity index (χ1v) is 10.6. The van der Waals surface area contributed by atoms with Crippen LogP contribution in [-0.4, -0.2) is 47.8 Å². The number of halogens is 2. The topological polar surface area (TPSA) is 61.8 Å². The number of carbonyl (C=O) groups is 1. The lowest BCUT2D eigenvalue weighted by Gasteiger charge is -2.35. The van der Waals surface area contributed by atoms with Crippen LogP contribution < -0.4 is 10.1 Å². The van der Waals surface area contributed by atoms with Crippen LogP contribution in [-0.2, 0) is 4.79 Å². The summed E-state index contributed by atoms with van der Waals surface area (Å²) in [6.45, 7) is 3.57. The molecule has 1 aliphatic carbocycles. The maximum atomic E-state index is 13.9. The van der Waals surface area contributed by atoms with Crippen LogP contribution in [0.5, 0.6) is 5.75 Å². The third kappa shape index (κ3) is 4.94. The van der Waals surface area contributed by atoms with Crippen molar-refractivity contribution in [1.29, 1.82) is 0 Å². The summed E-state index contributed by atoms with van der Waals surface area (Å²) in [5.74, 6) is 0.654. The molecule has 5 nitrogen and oxygen atoms in total. The Bertz CT molecular complexity index is 925. The van der Waals surface area contributed by atoms with Crippen LogP contribution in [0.25, 0.3) is 0 Å². The summed E-state index contributed by atoms with van der Waals surface area (Å²) >= 11 is 6.02. The number of aryl methyl sites for hydroxylation is 1. The van der Waals surface area contributed by atoms with Crippen LogP contribution in [0, 0.1) is 24.6 Å². The molecule has 4 atom stereocenters. The average Bonchev–Trinajstić information content (AvgIpc) is 3.05. The zero-order chi connectivity index (χ0) is 21.3. The van der Waals surface area contributed by atoms with Crippen LogP contribution in [0.15, 0.2) is 42.5 Å².